The maximum absolute atomic E-state index is 12.5. The monoisotopic (exact) mass is 334 g/mol. The number of benzene rings is 1. The number of hydrazone groups is 1. The molecule has 0 saturated carbocycles. The minimum absolute atomic E-state index is 0.232. The minimum Gasteiger partial charge on any atom is -0.349 e. The summed E-state index contributed by atoms with van der Waals surface area (Å²) in [5.41, 5.74) is 7.38. The van der Waals surface area contributed by atoms with Crippen molar-refractivity contribution in [3.05, 3.63) is 77.4 Å². The van der Waals surface area contributed by atoms with Crippen molar-refractivity contribution in [1.29, 1.82) is 0 Å². The summed E-state index contributed by atoms with van der Waals surface area (Å²) in [7, 11) is 0. The van der Waals surface area contributed by atoms with Crippen molar-refractivity contribution < 1.29 is 4.79 Å². The van der Waals surface area contributed by atoms with Crippen LogP contribution in [0.25, 0.3) is 5.69 Å². The number of rotatable bonds is 5. The zero-order valence-corrected chi connectivity index (χ0v) is 14.7. The summed E-state index contributed by atoms with van der Waals surface area (Å²) in [5, 5.41) is 4.14. The van der Waals surface area contributed by atoms with Crippen molar-refractivity contribution in [2.24, 2.45) is 5.10 Å². The lowest BCUT2D eigenvalue weighted by molar-refractivity contribution is 0.0955. The molecule has 1 aromatic carbocycles. The van der Waals surface area contributed by atoms with E-state index >= 15 is 0 Å². The normalized spacial score (nSPS) is 11.2. The lowest BCUT2D eigenvalue weighted by Crippen LogP contribution is -2.19. The molecule has 0 bridgehead atoms. The van der Waals surface area contributed by atoms with Crippen LogP contribution < -0.4 is 5.43 Å². The van der Waals surface area contributed by atoms with E-state index in [-0.39, 0.29) is 5.91 Å². The maximum Gasteiger partial charge on any atom is 0.273 e. The third-order valence-electron chi connectivity index (χ3n) is 4.33. The van der Waals surface area contributed by atoms with Gasteiger partial charge < -0.3 is 9.13 Å². The van der Waals surface area contributed by atoms with Crippen LogP contribution in [0.5, 0.6) is 0 Å². The van der Waals surface area contributed by atoms with Crippen molar-refractivity contribution in [2.75, 3.05) is 0 Å². The number of nitrogens with one attached hydrogen (secondary N) is 1. The molecule has 128 valence electrons. The van der Waals surface area contributed by atoms with Gasteiger partial charge in [-0.25, -0.2) is 5.43 Å². The first-order valence-electron chi connectivity index (χ1n) is 8.34. The first-order valence-corrected chi connectivity index (χ1v) is 8.34. The summed E-state index contributed by atoms with van der Waals surface area (Å²) in [4.78, 5) is 12.5. The van der Waals surface area contributed by atoms with Crippen molar-refractivity contribution in [2.45, 2.75) is 27.3 Å². The number of carbonyl (C=O) groups excluding carboxylic acids is 1. The van der Waals surface area contributed by atoms with Crippen LogP contribution in [-0.2, 0) is 6.54 Å². The summed E-state index contributed by atoms with van der Waals surface area (Å²) in [6.07, 6.45) is 5.52. The molecule has 3 aromatic rings. The van der Waals surface area contributed by atoms with E-state index in [1.807, 2.05) is 47.3 Å². The van der Waals surface area contributed by atoms with E-state index in [1.54, 1.807) is 12.3 Å². The second kappa shape index (κ2) is 7.21. The van der Waals surface area contributed by atoms with Crippen LogP contribution in [0.15, 0.2) is 60.0 Å². The Morgan fingerprint density at radius 3 is 2.56 bits per heavy atom. The van der Waals surface area contributed by atoms with E-state index in [1.165, 1.54) is 5.69 Å². The van der Waals surface area contributed by atoms with Crippen molar-refractivity contribution in [3.63, 3.8) is 0 Å². The Bertz CT molecular complexity index is 904. The van der Waals surface area contributed by atoms with Crippen molar-refractivity contribution >= 4 is 12.1 Å². The van der Waals surface area contributed by atoms with Crippen LogP contribution in [0.3, 0.4) is 0 Å². The first-order chi connectivity index (χ1) is 12.1. The fourth-order valence-corrected chi connectivity index (χ4v) is 3.05. The average molecular weight is 334 g/mol. The van der Waals surface area contributed by atoms with Gasteiger partial charge in [0.25, 0.3) is 5.91 Å². The Kier molecular flexibility index (Phi) is 4.84. The van der Waals surface area contributed by atoms with Gasteiger partial charge in [-0.3, -0.25) is 4.79 Å². The van der Waals surface area contributed by atoms with Crippen LogP contribution in [-0.4, -0.2) is 21.3 Å². The van der Waals surface area contributed by atoms with Gasteiger partial charge in [0.05, 0.1) is 17.5 Å². The molecule has 5 nitrogen and oxygen atoms in total. The van der Waals surface area contributed by atoms with Crippen LogP contribution in [0.2, 0.25) is 0 Å². The third kappa shape index (κ3) is 3.40. The Hall–Kier alpha value is -3.08. The number of hydrogen-bond donors (Lipinski definition) is 1. The molecule has 25 heavy (non-hydrogen) atoms. The van der Waals surface area contributed by atoms with Gasteiger partial charge in [-0.2, -0.15) is 5.10 Å². The van der Waals surface area contributed by atoms with Gasteiger partial charge in [-0.05, 0) is 51.1 Å². The van der Waals surface area contributed by atoms with E-state index in [0.29, 0.717) is 5.56 Å². The smallest absolute Gasteiger partial charge is 0.273 e. The molecule has 2 heterocycles. The Balaban J connectivity index is 1.78. The predicted octanol–water partition coefficient (Wildman–Crippen LogP) is 3.68. The van der Waals surface area contributed by atoms with Crippen LogP contribution in [0, 0.1) is 13.8 Å². The fraction of sp³-hybridized carbons (Fsp3) is 0.200. The lowest BCUT2D eigenvalue weighted by atomic mass is 10.1. The highest BCUT2D eigenvalue weighted by Gasteiger charge is 2.11. The SMILES string of the molecule is CCn1c(C)cc(/C=N\NC(=O)c2ccccc2-n2cccc2)c1C. The largest absolute Gasteiger partial charge is 0.349 e. The summed E-state index contributed by atoms with van der Waals surface area (Å²) >= 11 is 0. The third-order valence-corrected chi connectivity index (χ3v) is 4.33. The molecule has 0 radical (unpaired) electrons. The number of carbonyl (C=O) groups is 1. The average Bonchev–Trinajstić information content (AvgIpc) is 3.23. The fourth-order valence-electron chi connectivity index (χ4n) is 3.05. The summed E-state index contributed by atoms with van der Waals surface area (Å²) in [6, 6.07) is 13.4. The highest BCUT2D eigenvalue weighted by Crippen LogP contribution is 2.15. The molecule has 3 rings (SSSR count). The second-order valence-corrected chi connectivity index (χ2v) is 5.88. The molecule has 2 aromatic heterocycles. The Morgan fingerprint density at radius 2 is 1.88 bits per heavy atom. The highest BCUT2D eigenvalue weighted by atomic mass is 16.2. The number of amides is 1. The van der Waals surface area contributed by atoms with Crippen molar-refractivity contribution in [3.8, 4) is 5.69 Å². The molecular weight excluding hydrogens is 312 g/mol. The van der Waals surface area contributed by atoms with Crippen molar-refractivity contribution in [1.82, 2.24) is 14.6 Å². The van der Waals surface area contributed by atoms with Gasteiger partial charge in [0.15, 0.2) is 0 Å². The number of nitrogens with zero attached hydrogens (tertiary/aromatic N) is 3. The molecule has 1 amide bonds. The standard InChI is InChI=1S/C20H22N4O/c1-4-24-15(2)13-17(16(24)3)14-21-22-20(25)18-9-5-6-10-19(18)23-11-7-8-12-23/h5-14H,4H2,1-3H3,(H,22,25)/b21-14-. The van der Waals surface area contributed by atoms with E-state index in [2.05, 4.69) is 41.9 Å². The molecule has 0 aliphatic carbocycles. The molecule has 0 atom stereocenters. The van der Waals surface area contributed by atoms with E-state index in [9.17, 15) is 4.79 Å². The second-order valence-electron chi connectivity index (χ2n) is 5.88. The van der Waals surface area contributed by atoms with E-state index in [0.717, 1.165) is 23.5 Å². The molecule has 0 aliphatic rings. The first kappa shape index (κ1) is 16.8. The molecule has 0 saturated heterocycles. The summed E-state index contributed by atoms with van der Waals surface area (Å²) in [5.74, 6) is -0.232. The molecular formula is C20H22N4O. The Morgan fingerprint density at radius 1 is 1.16 bits per heavy atom. The van der Waals surface area contributed by atoms with Gasteiger partial charge in [-0.1, -0.05) is 12.1 Å². The maximum atomic E-state index is 12.5. The zero-order valence-electron chi connectivity index (χ0n) is 14.7. The van der Waals surface area contributed by atoms with Crippen LogP contribution in [0.4, 0.5) is 0 Å². The number of hydrogen-bond acceptors (Lipinski definition) is 2. The van der Waals surface area contributed by atoms with Crippen LogP contribution >= 0.6 is 0 Å². The molecule has 1 N–H and O–H groups in total. The zero-order chi connectivity index (χ0) is 17.8. The number of para-hydroxylation sites is 1. The summed E-state index contributed by atoms with van der Waals surface area (Å²) in [6.45, 7) is 7.16. The quantitative estimate of drug-likeness (QED) is 0.561. The van der Waals surface area contributed by atoms with Gasteiger partial charge >= 0.3 is 0 Å². The predicted molar refractivity (Wildman–Crippen MR) is 100 cm³/mol. The number of aryl methyl sites for hydroxylation is 1. The van der Waals surface area contributed by atoms with Gasteiger partial charge in [0, 0.05) is 35.9 Å². The molecule has 0 fully saturated rings. The molecule has 0 unspecified atom stereocenters. The van der Waals surface area contributed by atoms with Gasteiger partial charge in [0.1, 0.15) is 0 Å². The molecule has 5 heteroatoms. The summed E-state index contributed by atoms with van der Waals surface area (Å²) < 4.78 is 4.12. The number of aromatic nitrogens is 2. The Labute approximate surface area is 147 Å². The van der Waals surface area contributed by atoms with Gasteiger partial charge in [0.2, 0.25) is 0 Å². The minimum atomic E-state index is -0.232. The molecule has 0 aliphatic heterocycles. The van der Waals surface area contributed by atoms with E-state index in [4.69, 9.17) is 0 Å². The van der Waals surface area contributed by atoms with Crippen LogP contribution in [0.1, 0.15) is 34.2 Å². The van der Waals surface area contributed by atoms with Gasteiger partial charge in [-0.15, -0.1) is 0 Å². The lowest BCUT2D eigenvalue weighted by Gasteiger charge is -2.09. The highest BCUT2D eigenvalue weighted by molar-refractivity contribution is 5.98. The molecule has 0 spiro atoms. The van der Waals surface area contributed by atoms with E-state index < -0.39 is 0 Å². The topological polar surface area (TPSA) is 51.3 Å².